The van der Waals surface area contributed by atoms with Gasteiger partial charge in [-0.15, -0.1) is 0 Å². The van der Waals surface area contributed by atoms with E-state index in [0.717, 1.165) is 6.42 Å². The second kappa shape index (κ2) is 24.7. The van der Waals surface area contributed by atoms with Gasteiger partial charge in [0.25, 0.3) is 0 Å². The van der Waals surface area contributed by atoms with Gasteiger partial charge in [0.05, 0.1) is 0 Å². The largest absolute Gasteiger partial charge is 0.351 e. The smallest absolute Gasteiger partial charge is 0.221 e. The van der Waals surface area contributed by atoms with Crippen LogP contribution in [0.4, 0.5) is 0 Å². The van der Waals surface area contributed by atoms with Gasteiger partial charge in [-0.2, -0.15) is 12.6 Å². The Balaban J connectivity index is -0.0000000123. The molecule has 0 radical (unpaired) electrons. The minimum Gasteiger partial charge on any atom is -0.351 e. The van der Waals surface area contributed by atoms with Gasteiger partial charge in [-0.1, -0.05) is 33.6 Å². The molecule has 0 atom stereocenters. The van der Waals surface area contributed by atoms with Gasteiger partial charge in [0.15, 0.2) is 0 Å². The first-order valence-corrected chi connectivity index (χ1v) is 8.82. The summed E-state index contributed by atoms with van der Waals surface area (Å²) in [6.07, 6.45) is 1.46. The Bertz CT molecular complexity index is 888. The fourth-order valence-corrected chi connectivity index (χ4v) is 1.27. The number of amides is 1. The van der Waals surface area contributed by atoms with Crippen LogP contribution in [0.5, 0.6) is 0 Å². The monoisotopic (exact) mass is 435 g/mol. The second-order valence-corrected chi connectivity index (χ2v) is 5.71. The summed E-state index contributed by atoms with van der Waals surface area (Å²) in [5.74, 6) is 36.3. The molecule has 0 aromatic carbocycles. The molecule has 0 heterocycles. The van der Waals surface area contributed by atoms with Gasteiger partial charge in [-0.25, -0.2) is 0 Å². The summed E-state index contributed by atoms with van der Waals surface area (Å²) >= 11 is 3.98. The van der Waals surface area contributed by atoms with Crippen molar-refractivity contribution in [3.8, 4) is 82.9 Å². The van der Waals surface area contributed by atoms with Crippen LogP contribution in [0.1, 0.15) is 83.7 Å². The van der Waals surface area contributed by atoms with E-state index >= 15 is 0 Å². The first kappa shape index (κ1) is 33.3. The zero-order valence-electron chi connectivity index (χ0n) is 16.5. The molecule has 2 nitrogen and oxygen atoms in total. The van der Waals surface area contributed by atoms with E-state index in [1.165, 1.54) is 0 Å². The number of carbonyl (C=O) groups excluding carboxylic acids is 1. The van der Waals surface area contributed by atoms with E-state index < -0.39 is 0 Å². The number of rotatable bonds is 4. The zero-order valence-corrected chi connectivity index (χ0v) is 17.4. The highest BCUT2D eigenvalue weighted by Crippen LogP contribution is 2.06. The van der Waals surface area contributed by atoms with Gasteiger partial charge >= 0.3 is 0 Å². The summed E-state index contributed by atoms with van der Waals surface area (Å²) < 4.78 is 0. The van der Waals surface area contributed by atoms with Gasteiger partial charge in [-0.3, -0.25) is 4.79 Å². The molecule has 29 heavy (non-hydrogen) atoms. The molecule has 0 aliphatic heterocycles. The fourth-order valence-electron chi connectivity index (χ4n) is 1.07. The average molecular weight is 436 g/mol. The van der Waals surface area contributed by atoms with Crippen molar-refractivity contribution in [2.45, 2.75) is 67.9 Å². The number of nitrogens with one attached hydrogen (secondary N) is 1. The summed E-state index contributed by atoms with van der Waals surface area (Å²) in [5, 5.41) is 2.92. The van der Waals surface area contributed by atoms with Crippen molar-refractivity contribution in [3.05, 3.63) is 0 Å². The quantitative estimate of drug-likeness (QED) is 0.345. The minimum atomic E-state index is -0.0694. The highest BCUT2D eigenvalue weighted by Gasteiger charge is 2.16. The number of hydrogen-bond donors (Lipinski definition) is 2. The molecule has 0 aromatic heterocycles. The summed E-state index contributed by atoms with van der Waals surface area (Å²) in [5.41, 5.74) is -0.0694. The fraction of sp³-hybridized carbons (Fsp3) is 0.423. The Morgan fingerprint density at radius 3 is 1.34 bits per heavy atom. The first-order valence-electron chi connectivity index (χ1n) is 8.18. The van der Waals surface area contributed by atoms with Gasteiger partial charge in [-0.05, 0) is 111 Å². The summed E-state index contributed by atoms with van der Waals surface area (Å²) in [6, 6.07) is 0. The van der Waals surface area contributed by atoms with Crippen LogP contribution in [0, 0.1) is 82.9 Å². The SMILES string of the molecule is C.C.CC#CC#CC#CC#CC#CC#CC#CC.CCC(C)(C)NC(=O)CCS.[HH].[HH].[HH].[HH].[HH].[HH].[HH].[HH].[HH].[HH].[HH].[HH].[HH].[HH].[HH]. The van der Waals surface area contributed by atoms with Crippen molar-refractivity contribution in [1.82, 2.24) is 5.32 Å². The third-order valence-electron chi connectivity index (χ3n) is 2.64. The molecule has 0 aliphatic rings. The van der Waals surface area contributed by atoms with Crippen LogP contribution in [-0.2, 0) is 4.79 Å². The number of thiol groups is 1. The van der Waals surface area contributed by atoms with Crippen LogP contribution in [0.15, 0.2) is 0 Å². The molecule has 182 valence electrons. The van der Waals surface area contributed by atoms with Crippen molar-refractivity contribution in [2.24, 2.45) is 0 Å². The highest BCUT2D eigenvalue weighted by atomic mass is 32.1. The molecule has 0 aromatic rings. The molecule has 0 spiro atoms. The van der Waals surface area contributed by atoms with Gasteiger partial charge in [0.1, 0.15) is 0 Å². The van der Waals surface area contributed by atoms with Crippen molar-refractivity contribution in [1.29, 1.82) is 0 Å². The zero-order chi connectivity index (χ0) is 20.8. The molecule has 0 bridgehead atoms. The van der Waals surface area contributed by atoms with Crippen LogP contribution >= 0.6 is 12.6 Å². The lowest BCUT2D eigenvalue weighted by Gasteiger charge is -2.24. The lowest BCUT2D eigenvalue weighted by molar-refractivity contribution is -0.122. The second-order valence-electron chi connectivity index (χ2n) is 5.26. The normalized spacial score (nSPS) is 6.41. The third-order valence-corrected chi connectivity index (χ3v) is 2.86. The molecule has 3 heteroatoms. The topological polar surface area (TPSA) is 29.1 Å². The van der Waals surface area contributed by atoms with E-state index in [4.69, 9.17) is 0 Å². The van der Waals surface area contributed by atoms with Crippen molar-refractivity contribution in [3.63, 3.8) is 0 Å². The van der Waals surface area contributed by atoms with E-state index in [1.54, 1.807) is 13.8 Å². The molecule has 0 fully saturated rings. The van der Waals surface area contributed by atoms with Crippen LogP contribution < -0.4 is 5.32 Å². The number of carbonyl (C=O) groups is 1. The van der Waals surface area contributed by atoms with E-state index in [2.05, 4.69) is 108 Å². The Hall–Kier alpha value is -3.26. The van der Waals surface area contributed by atoms with E-state index in [0.29, 0.717) is 12.2 Å². The Morgan fingerprint density at radius 1 is 0.793 bits per heavy atom. The number of hydrogen-bond acceptors (Lipinski definition) is 2. The minimum absolute atomic E-state index is 0. The molecule has 0 aliphatic carbocycles. The summed E-state index contributed by atoms with van der Waals surface area (Å²) in [6.45, 7) is 9.51. The molecule has 0 saturated carbocycles. The maximum absolute atomic E-state index is 11.1. The predicted molar refractivity (Wildman–Crippen MR) is 162 cm³/mol. The lowest BCUT2D eigenvalue weighted by Crippen LogP contribution is -2.42. The Morgan fingerprint density at radius 2 is 1.10 bits per heavy atom. The maximum Gasteiger partial charge on any atom is 0.221 e. The van der Waals surface area contributed by atoms with Crippen LogP contribution in [0.3, 0.4) is 0 Å². The molecule has 0 saturated heterocycles. The van der Waals surface area contributed by atoms with Crippen LogP contribution in [0.25, 0.3) is 0 Å². The molecular weight excluding hydrogens is 374 g/mol. The van der Waals surface area contributed by atoms with Crippen molar-refractivity contribution < 1.29 is 26.2 Å². The van der Waals surface area contributed by atoms with E-state index in [9.17, 15) is 4.79 Å². The van der Waals surface area contributed by atoms with E-state index in [-0.39, 0.29) is 47.7 Å². The third kappa shape index (κ3) is 29.7. The molecule has 1 N–H and O–H groups in total. The summed E-state index contributed by atoms with van der Waals surface area (Å²) in [7, 11) is 0. The van der Waals surface area contributed by atoms with Gasteiger partial charge in [0.2, 0.25) is 5.91 Å². The van der Waals surface area contributed by atoms with Crippen LogP contribution in [0.2, 0.25) is 0 Å². The van der Waals surface area contributed by atoms with Gasteiger partial charge < -0.3 is 5.32 Å². The lowest BCUT2D eigenvalue weighted by atomic mass is 10.0. The maximum atomic E-state index is 11.1. The highest BCUT2D eigenvalue weighted by molar-refractivity contribution is 7.80. The standard InChI is InChI=1S/C16H6.C8H17NOS.2CH4.15H2/c1-3-5-7-9-11-13-15-16-14-12-10-8-6-4-2;1-4-8(2,3)9-7(10)5-6-11;;;;;;;;;;;;;;;;;/h1-2H3;11H,4-6H2,1-3H3,(H,9,10);2*1H4;15*1H. The van der Waals surface area contributed by atoms with Crippen LogP contribution in [-0.4, -0.2) is 17.2 Å². The molecular formula is C26H61NOS. The van der Waals surface area contributed by atoms with E-state index in [1.807, 2.05) is 13.8 Å². The predicted octanol–water partition coefficient (Wildman–Crippen LogP) is 7.62. The van der Waals surface area contributed by atoms with Crippen molar-refractivity contribution >= 4 is 18.5 Å². The first-order chi connectivity index (χ1) is 12.9. The molecule has 1 amide bonds. The van der Waals surface area contributed by atoms with Crippen molar-refractivity contribution in [2.75, 3.05) is 5.75 Å². The Kier molecular flexibility index (Phi) is 28.4. The molecule has 0 unspecified atom stereocenters. The Labute approximate surface area is 207 Å². The summed E-state index contributed by atoms with van der Waals surface area (Å²) in [4.78, 5) is 11.1. The molecule has 0 rings (SSSR count). The van der Waals surface area contributed by atoms with Gasteiger partial charge in [0, 0.05) is 33.4 Å². The average Bonchev–Trinajstić information content (AvgIpc) is 2.63.